The van der Waals surface area contributed by atoms with E-state index in [9.17, 15) is 8.42 Å². The number of methoxy groups -OCH3 is 1. The summed E-state index contributed by atoms with van der Waals surface area (Å²) in [6, 6.07) is 13.0. The second-order valence-corrected chi connectivity index (χ2v) is 11.8. The molecule has 3 aromatic rings. The molecule has 10 heteroatoms. The highest BCUT2D eigenvalue weighted by atomic mass is 32.2. The molecule has 0 radical (unpaired) electrons. The number of aliphatic imine (C=N–C) groups is 1. The van der Waals surface area contributed by atoms with Crippen LogP contribution in [0.2, 0.25) is 0 Å². The van der Waals surface area contributed by atoms with E-state index in [2.05, 4.69) is 6.92 Å². The first-order valence-electron chi connectivity index (χ1n) is 12.9. The maximum Gasteiger partial charge on any atom is 0.256 e. The predicted octanol–water partition coefficient (Wildman–Crippen LogP) is 5.20. The van der Waals surface area contributed by atoms with E-state index in [0.29, 0.717) is 47.1 Å². The third-order valence-corrected chi connectivity index (χ3v) is 8.31. The largest absolute Gasteiger partial charge is 0.496 e. The number of hydrogen-bond acceptors (Lipinski definition) is 7. The molecule has 39 heavy (non-hydrogen) atoms. The molecule has 0 saturated carbocycles. The summed E-state index contributed by atoms with van der Waals surface area (Å²) in [6.07, 6.45) is 4.95. The maximum absolute atomic E-state index is 13.0. The van der Waals surface area contributed by atoms with Crippen LogP contribution in [0.1, 0.15) is 30.9 Å². The van der Waals surface area contributed by atoms with E-state index in [0.717, 1.165) is 23.3 Å². The molecule has 2 heterocycles. The van der Waals surface area contributed by atoms with Gasteiger partial charge in [-0.05, 0) is 69.6 Å². The number of rotatable bonds is 9. The van der Waals surface area contributed by atoms with Crippen molar-refractivity contribution >= 4 is 33.5 Å². The van der Waals surface area contributed by atoms with Crippen molar-refractivity contribution in [2.45, 2.75) is 26.7 Å². The molecule has 0 amide bonds. The molecule has 206 valence electrons. The molecular weight excluding hydrogens is 512 g/mol. The number of sulfonamides is 1. The Morgan fingerprint density at radius 2 is 1.95 bits per heavy atom. The van der Waals surface area contributed by atoms with Gasteiger partial charge in [0.1, 0.15) is 11.4 Å². The highest BCUT2D eigenvalue weighted by Gasteiger charge is 2.27. The summed E-state index contributed by atoms with van der Waals surface area (Å²) >= 11 is 0. The Morgan fingerprint density at radius 3 is 2.64 bits per heavy atom. The van der Waals surface area contributed by atoms with Gasteiger partial charge in [-0.15, -0.1) is 0 Å². The van der Waals surface area contributed by atoms with Crippen molar-refractivity contribution < 1.29 is 13.2 Å². The summed E-state index contributed by atoms with van der Waals surface area (Å²) in [5, 5.41) is 15.1. The van der Waals surface area contributed by atoms with E-state index in [-0.39, 0.29) is 5.92 Å². The number of benzene rings is 2. The van der Waals surface area contributed by atoms with Crippen molar-refractivity contribution in [3.8, 4) is 22.7 Å². The monoisotopic (exact) mass is 548 g/mol. The van der Waals surface area contributed by atoms with Crippen molar-refractivity contribution in [1.82, 2.24) is 14.7 Å². The molecule has 2 aromatic carbocycles. The quantitative estimate of drug-likeness (QED) is 0.396. The highest BCUT2D eigenvalue weighted by molar-refractivity contribution is 7.95. The average Bonchev–Trinajstić information content (AvgIpc) is 3.21. The summed E-state index contributed by atoms with van der Waals surface area (Å²) in [6.45, 7) is 4.58. The SMILES string of the molecule is CCC1C=Nc2c(c(-c3ccc(C)c(OC)c3)nn2-c2cccc(N(C)S(=O)(=O)C=CCN(C)C)c2)C(=N)C1. The number of anilines is 1. The predicted molar refractivity (Wildman–Crippen MR) is 159 cm³/mol. The van der Waals surface area contributed by atoms with E-state index in [1.54, 1.807) is 36.1 Å². The number of aryl methyl sites for hydroxylation is 1. The van der Waals surface area contributed by atoms with E-state index < -0.39 is 10.0 Å². The molecule has 4 rings (SSSR count). The van der Waals surface area contributed by atoms with Crippen molar-refractivity contribution in [3.05, 3.63) is 65.1 Å². The van der Waals surface area contributed by atoms with Gasteiger partial charge >= 0.3 is 0 Å². The Hall–Kier alpha value is -3.76. The Balaban J connectivity index is 1.84. The number of fused-ring (bicyclic) bond motifs is 1. The zero-order valence-electron chi connectivity index (χ0n) is 23.3. The standard InChI is InChI=1S/C29H36N6O3S/c1-7-21-16-25(30)27-28(22-13-12-20(2)26(17-22)38-6)32-35(29(27)31-19-21)24-11-8-10-23(18-24)34(5)39(36,37)15-9-14-33(3)4/h8-13,15,17-19,21,30H,7,14,16H2,1-6H3. The molecule has 0 aliphatic carbocycles. The third kappa shape index (κ3) is 5.97. The summed E-state index contributed by atoms with van der Waals surface area (Å²) in [5.41, 5.74) is 4.74. The summed E-state index contributed by atoms with van der Waals surface area (Å²) < 4.78 is 34.4. The van der Waals surface area contributed by atoms with Gasteiger partial charge in [0.2, 0.25) is 0 Å². The van der Waals surface area contributed by atoms with Gasteiger partial charge < -0.3 is 15.0 Å². The Morgan fingerprint density at radius 1 is 1.18 bits per heavy atom. The first-order chi connectivity index (χ1) is 18.6. The van der Waals surface area contributed by atoms with Gasteiger partial charge in [0.15, 0.2) is 5.82 Å². The fourth-order valence-electron chi connectivity index (χ4n) is 4.43. The normalized spacial score (nSPS) is 15.6. The Kier molecular flexibility index (Phi) is 8.36. The molecule has 1 N–H and O–H groups in total. The molecule has 0 saturated heterocycles. The Labute approximate surface area is 231 Å². The topological polar surface area (TPSA) is 104 Å². The average molecular weight is 549 g/mol. The molecule has 0 spiro atoms. The molecular formula is C29H36N6O3S. The fraction of sp³-hybridized carbons (Fsp3) is 0.345. The number of likely N-dealkylation sites (N-methyl/N-ethyl adjacent to an activating group) is 1. The van der Waals surface area contributed by atoms with Crippen LogP contribution in [0.3, 0.4) is 0 Å². The van der Waals surface area contributed by atoms with Crippen LogP contribution in [0.25, 0.3) is 16.9 Å². The van der Waals surface area contributed by atoms with Crippen molar-refractivity contribution in [2.24, 2.45) is 10.9 Å². The van der Waals surface area contributed by atoms with Crippen LogP contribution in [-0.2, 0) is 10.0 Å². The van der Waals surface area contributed by atoms with Crippen LogP contribution in [0, 0.1) is 18.3 Å². The minimum absolute atomic E-state index is 0.148. The van der Waals surface area contributed by atoms with Gasteiger partial charge in [0.05, 0.1) is 24.0 Å². The van der Waals surface area contributed by atoms with Crippen LogP contribution in [0.5, 0.6) is 5.75 Å². The maximum atomic E-state index is 13.0. The molecule has 1 aliphatic heterocycles. The van der Waals surface area contributed by atoms with E-state index >= 15 is 0 Å². The number of ether oxygens (including phenoxy) is 1. The van der Waals surface area contributed by atoms with Crippen LogP contribution >= 0.6 is 0 Å². The zero-order valence-corrected chi connectivity index (χ0v) is 24.2. The minimum Gasteiger partial charge on any atom is -0.496 e. The van der Waals surface area contributed by atoms with Gasteiger partial charge in [-0.25, -0.2) is 18.1 Å². The van der Waals surface area contributed by atoms with Crippen LogP contribution in [0.15, 0.2) is 58.9 Å². The van der Waals surface area contributed by atoms with Gasteiger partial charge in [-0.2, -0.15) is 5.10 Å². The first kappa shape index (κ1) is 28.3. The number of nitrogens with zero attached hydrogens (tertiary/aromatic N) is 5. The van der Waals surface area contributed by atoms with Gasteiger partial charge in [-0.3, -0.25) is 4.31 Å². The molecule has 9 nitrogen and oxygen atoms in total. The van der Waals surface area contributed by atoms with E-state index in [4.69, 9.17) is 20.2 Å². The lowest BCUT2D eigenvalue weighted by Gasteiger charge is -2.18. The first-order valence-corrected chi connectivity index (χ1v) is 14.4. The molecule has 1 unspecified atom stereocenters. The third-order valence-electron chi connectivity index (χ3n) is 6.80. The molecule has 1 atom stereocenters. The molecule has 1 aliphatic rings. The fourth-order valence-corrected chi connectivity index (χ4v) is 5.35. The van der Waals surface area contributed by atoms with Gasteiger partial charge in [0, 0.05) is 36.5 Å². The number of aromatic nitrogens is 2. The number of hydrogen-bond donors (Lipinski definition) is 1. The van der Waals surface area contributed by atoms with Crippen molar-refractivity contribution in [1.29, 1.82) is 5.41 Å². The zero-order chi connectivity index (χ0) is 28.3. The van der Waals surface area contributed by atoms with Crippen LogP contribution < -0.4 is 9.04 Å². The molecule has 0 fully saturated rings. The lowest BCUT2D eigenvalue weighted by Crippen LogP contribution is -2.24. The summed E-state index contributed by atoms with van der Waals surface area (Å²) in [5.74, 6) is 1.44. The summed E-state index contributed by atoms with van der Waals surface area (Å²) in [7, 11) is 3.24. The lowest BCUT2D eigenvalue weighted by molar-refractivity contribution is 0.412. The van der Waals surface area contributed by atoms with Gasteiger partial charge in [0.25, 0.3) is 10.0 Å². The van der Waals surface area contributed by atoms with E-state index in [1.165, 1.54) is 16.8 Å². The van der Waals surface area contributed by atoms with Crippen molar-refractivity contribution in [2.75, 3.05) is 39.1 Å². The van der Waals surface area contributed by atoms with Crippen LogP contribution in [0.4, 0.5) is 11.5 Å². The Bertz CT molecular complexity index is 1540. The van der Waals surface area contributed by atoms with Crippen LogP contribution in [-0.4, -0.2) is 69.8 Å². The minimum atomic E-state index is -3.68. The molecule has 1 aromatic heterocycles. The van der Waals surface area contributed by atoms with Gasteiger partial charge in [-0.1, -0.05) is 31.2 Å². The van der Waals surface area contributed by atoms with E-state index in [1.807, 2.05) is 56.4 Å². The summed E-state index contributed by atoms with van der Waals surface area (Å²) in [4.78, 5) is 6.70. The number of nitrogens with one attached hydrogen (secondary N) is 1. The highest BCUT2D eigenvalue weighted by Crippen LogP contribution is 2.38. The van der Waals surface area contributed by atoms with Crippen molar-refractivity contribution in [3.63, 3.8) is 0 Å². The second kappa shape index (κ2) is 11.5. The second-order valence-electron chi connectivity index (χ2n) is 9.94. The molecule has 0 bridgehead atoms. The smallest absolute Gasteiger partial charge is 0.256 e. The lowest BCUT2D eigenvalue weighted by atomic mass is 9.95.